The second-order valence-corrected chi connectivity index (χ2v) is 6.22. The number of nitrogens with zero attached hydrogens (tertiary/aromatic N) is 3. The molecule has 0 unspecified atom stereocenters. The molecule has 0 atom stereocenters. The van der Waals surface area contributed by atoms with Crippen molar-refractivity contribution in [1.29, 1.82) is 0 Å². The Labute approximate surface area is 156 Å². The Bertz CT molecular complexity index is 845. The van der Waals surface area contributed by atoms with E-state index >= 15 is 0 Å². The summed E-state index contributed by atoms with van der Waals surface area (Å²) in [5.74, 6) is 0.599. The normalized spacial score (nSPS) is 10.8. The zero-order valence-electron chi connectivity index (χ0n) is 14.5. The minimum atomic E-state index is -0.121. The van der Waals surface area contributed by atoms with Gasteiger partial charge in [-0.05, 0) is 23.8 Å². The van der Waals surface area contributed by atoms with E-state index in [-0.39, 0.29) is 5.91 Å². The predicted molar refractivity (Wildman–Crippen MR) is 98.1 cm³/mol. The van der Waals surface area contributed by atoms with Crippen LogP contribution in [-0.2, 0) is 17.8 Å². The third-order valence-corrected chi connectivity index (χ3v) is 4.32. The number of furan rings is 1. The molecule has 136 valence electrons. The number of carbonyl (C=O) groups excluding carboxylic acids is 1. The van der Waals surface area contributed by atoms with Crippen LogP contribution in [0.3, 0.4) is 0 Å². The average molecular weight is 374 g/mol. The van der Waals surface area contributed by atoms with Crippen molar-refractivity contribution in [1.82, 2.24) is 14.7 Å². The van der Waals surface area contributed by atoms with E-state index in [0.717, 1.165) is 11.3 Å². The van der Waals surface area contributed by atoms with Crippen molar-refractivity contribution in [3.63, 3.8) is 0 Å². The smallest absolute Gasteiger partial charge is 0.257 e. The third-order valence-electron chi connectivity index (χ3n) is 3.95. The molecule has 0 fully saturated rings. The highest BCUT2D eigenvalue weighted by Gasteiger charge is 2.19. The maximum Gasteiger partial charge on any atom is 0.257 e. The van der Waals surface area contributed by atoms with Crippen LogP contribution in [0.1, 0.15) is 21.7 Å². The van der Waals surface area contributed by atoms with Crippen molar-refractivity contribution in [2.75, 3.05) is 20.3 Å². The van der Waals surface area contributed by atoms with Gasteiger partial charge in [0.2, 0.25) is 0 Å². The van der Waals surface area contributed by atoms with Crippen LogP contribution in [0.5, 0.6) is 0 Å². The van der Waals surface area contributed by atoms with Gasteiger partial charge in [0.25, 0.3) is 5.91 Å². The number of benzene rings is 1. The van der Waals surface area contributed by atoms with Gasteiger partial charge in [-0.3, -0.25) is 9.48 Å². The van der Waals surface area contributed by atoms with Gasteiger partial charge in [-0.25, -0.2) is 0 Å². The predicted octanol–water partition coefficient (Wildman–Crippen LogP) is 3.47. The largest absolute Gasteiger partial charge is 0.467 e. The zero-order valence-corrected chi connectivity index (χ0v) is 15.2. The topological polar surface area (TPSA) is 60.5 Å². The molecule has 0 aliphatic rings. The Hall–Kier alpha value is -2.57. The third kappa shape index (κ3) is 4.53. The summed E-state index contributed by atoms with van der Waals surface area (Å²) in [6, 6.07) is 11.2. The van der Waals surface area contributed by atoms with E-state index in [9.17, 15) is 4.79 Å². The highest BCUT2D eigenvalue weighted by molar-refractivity contribution is 6.31. The highest BCUT2D eigenvalue weighted by atomic mass is 35.5. The van der Waals surface area contributed by atoms with E-state index in [4.69, 9.17) is 20.8 Å². The zero-order chi connectivity index (χ0) is 18.4. The number of aromatic nitrogens is 2. The fourth-order valence-electron chi connectivity index (χ4n) is 2.59. The van der Waals surface area contributed by atoms with Gasteiger partial charge in [-0.1, -0.05) is 29.8 Å². The Morgan fingerprint density at radius 2 is 2.15 bits per heavy atom. The van der Waals surface area contributed by atoms with Crippen LogP contribution >= 0.6 is 11.6 Å². The molecule has 2 aromatic heterocycles. The lowest BCUT2D eigenvalue weighted by Crippen LogP contribution is -2.33. The minimum Gasteiger partial charge on any atom is -0.467 e. The molecular weight excluding hydrogens is 354 g/mol. The monoisotopic (exact) mass is 373 g/mol. The molecule has 26 heavy (non-hydrogen) atoms. The molecule has 0 N–H and O–H groups in total. The number of carbonyl (C=O) groups is 1. The summed E-state index contributed by atoms with van der Waals surface area (Å²) in [6.07, 6.45) is 4.89. The molecule has 0 aliphatic carbocycles. The first kappa shape index (κ1) is 18.2. The quantitative estimate of drug-likeness (QED) is 0.606. The molecule has 1 amide bonds. The average Bonchev–Trinajstić information content (AvgIpc) is 3.32. The number of ether oxygens (including phenoxy) is 1. The number of halogens is 1. The van der Waals surface area contributed by atoms with Crippen LogP contribution in [0.15, 0.2) is 59.5 Å². The van der Waals surface area contributed by atoms with Gasteiger partial charge in [0.15, 0.2) is 0 Å². The van der Waals surface area contributed by atoms with Crippen LogP contribution in [0.25, 0.3) is 0 Å². The molecule has 3 aromatic rings. The summed E-state index contributed by atoms with van der Waals surface area (Å²) in [5.41, 5.74) is 1.46. The standard InChI is InChI=1S/C19H20ClN3O3/c1-25-10-8-22(14-17-6-4-9-26-17)19(24)16-11-21-23(13-16)12-15-5-2-3-7-18(15)20/h2-7,9,11,13H,8,10,12,14H2,1H3. The molecule has 0 spiro atoms. The van der Waals surface area contributed by atoms with Gasteiger partial charge in [0.05, 0.1) is 37.7 Å². The fraction of sp³-hybridized carbons (Fsp3) is 0.263. The number of hydrogen-bond donors (Lipinski definition) is 0. The molecule has 0 radical (unpaired) electrons. The second-order valence-electron chi connectivity index (χ2n) is 5.82. The molecule has 6 nitrogen and oxygen atoms in total. The van der Waals surface area contributed by atoms with Crippen molar-refractivity contribution in [2.45, 2.75) is 13.1 Å². The summed E-state index contributed by atoms with van der Waals surface area (Å²) in [7, 11) is 1.61. The first-order valence-electron chi connectivity index (χ1n) is 8.24. The van der Waals surface area contributed by atoms with E-state index < -0.39 is 0 Å². The van der Waals surface area contributed by atoms with E-state index in [1.165, 1.54) is 0 Å². The van der Waals surface area contributed by atoms with Crippen molar-refractivity contribution in [3.8, 4) is 0 Å². The van der Waals surface area contributed by atoms with Gasteiger partial charge in [-0.2, -0.15) is 5.10 Å². The van der Waals surface area contributed by atoms with Crippen LogP contribution in [0.4, 0.5) is 0 Å². The Balaban J connectivity index is 1.72. The van der Waals surface area contributed by atoms with Crippen LogP contribution in [0.2, 0.25) is 5.02 Å². The maximum atomic E-state index is 12.9. The minimum absolute atomic E-state index is 0.121. The van der Waals surface area contributed by atoms with Gasteiger partial charge in [-0.15, -0.1) is 0 Å². The Morgan fingerprint density at radius 3 is 2.88 bits per heavy atom. The molecule has 2 heterocycles. The Kier molecular flexibility index (Phi) is 6.09. The molecule has 7 heteroatoms. The van der Waals surface area contributed by atoms with Gasteiger partial charge >= 0.3 is 0 Å². The summed E-state index contributed by atoms with van der Waals surface area (Å²) >= 11 is 6.19. The lowest BCUT2D eigenvalue weighted by Gasteiger charge is -2.20. The highest BCUT2D eigenvalue weighted by Crippen LogP contribution is 2.17. The number of amides is 1. The van der Waals surface area contributed by atoms with Crippen LogP contribution in [-0.4, -0.2) is 40.8 Å². The lowest BCUT2D eigenvalue weighted by molar-refractivity contribution is 0.0666. The van der Waals surface area contributed by atoms with Gasteiger partial charge in [0.1, 0.15) is 5.76 Å². The molecule has 1 aromatic carbocycles. The fourth-order valence-corrected chi connectivity index (χ4v) is 2.78. The number of hydrogen-bond acceptors (Lipinski definition) is 4. The van der Waals surface area contributed by atoms with Gasteiger partial charge < -0.3 is 14.1 Å². The first-order valence-corrected chi connectivity index (χ1v) is 8.61. The van der Waals surface area contributed by atoms with E-state index in [1.807, 2.05) is 30.3 Å². The molecular formula is C19H20ClN3O3. The van der Waals surface area contributed by atoms with Crippen LogP contribution in [0, 0.1) is 0 Å². The van der Waals surface area contributed by atoms with E-state index in [1.54, 1.807) is 41.4 Å². The van der Waals surface area contributed by atoms with Crippen molar-refractivity contribution in [2.24, 2.45) is 0 Å². The molecule has 0 saturated heterocycles. The summed E-state index contributed by atoms with van der Waals surface area (Å²) < 4.78 is 12.2. The van der Waals surface area contributed by atoms with E-state index in [0.29, 0.717) is 36.8 Å². The maximum absolute atomic E-state index is 12.9. The number of methoxy groups -OCH3 is 1. The molecule has 0 saturated carbocycles. The molecule has 3 rings (SSSR count). The SMILES string of the molecule is COCCN(Cc1ccco1)C(=O)c1cnn(Cc2ccccc2Cl)c1. The van der Waals surface area contributed by atoms with E-state index in [2.05, 4.69) is 5.10 Å². The lowest BCUT2D eigenvalue weighted by atomic mass is 10.2. The van der Waals surface area contributed by atoms with Crippen LogP contribution < -0.4 is 0 Å². The molecule has 0 bridgehead atoms. The number of rotatable bonds is 8. The first-order chi connectivity index (χ1) is 12.7. The summed E-state index contributed by atoms with van der Waals surface area (Å²) in [6.45, 7) is 1.79. The molecule has 0 aliphatic heterocycles. The van der Waals surface area contributed by atoms with Crippen molar-refractivity contribution >= 4 is 17.5 Å². The van der Waals surface area contributed by atoms with Gasteiger partial charge in [0, 0.05) is 24.9 Å². The summed E-state index contributed by atoms with van der Waals surface area (Å²) in [5, 5.41) is 4.97. The van der Waals surface area contributed by atoms with Crippen molar-refractivity contribution in [3.05, 3.63) is 77.0 Å². The second kappa shape index (κ2) is 8.69. The Morgan fingerprint density at radius 1 is 1.31 bits per heavy atom. The van der Waals surface area contributed by atoms with Crippen molar-refractivity contribution < 1.29 is 13.9 Å². The summed E-state index contributed by atoms with van der Waals surface area (Å²) in [4.78, 5) is 14.5.